The molecule has 0 radical (unpaired) electrons. The first-order valence-corrected chi connectivity index (χ1v) is 7.07. The van der Waals surface area contributed by atoms with Crippen molar-refractivity contribution in [2.24, 2.45) is 16.9 Å². The van der Waals surface area contributed by atoms with Gasteiger partial charge in [0.15, 0.2) is 0 Å². The van der Waals surface area contributed by atoms with Crippen molar-refractivity contribution in [1.82, 2.24) is 4.90 Å². The van der Waals surface area contributed by atoms with Gasteiger partial charge >= 0.3 is 0 Å². The van der Waals surface area contributed by atoms with E-state index in [9.17, 15) is 8.78 Å². The summed E-state index contributed by atoms with van der Waals surface area (Å²) in [7, 11) is 0. The van der Waals surface area contributed by atoms with Crippen molar-refractivity contribution >= 4 is 11.9 Å². The molecule has 1 aromatic rings. The first kappa shape index (κ1) is 15.9. The van der Waals surface area contributed by atoms with Gasteiger partial charge in [0.2, 0.25) is 0 Å². The summed E-state index contributed by atoms with van der Waals surface area (Å²) < 4.78 is 26.5. The van der Waals surface area contributed by atoms with Crippen molar-refractivity contribution in [3.05, 3.63) is 65.4 Å². The molecule has 116 valence electrons. The molecule has 0 saturated carbocycles. The Labute approximate surface area is 129 Å². The third-order valence-corrected chi connectivity index (χ3v) is 3.28. The van der Waals surface area contributed by atoms with E-state index < -0.39 is 11.6 Å². The number of benzene rings is 1. The Morgan fingerprint density at radius 3 is 2.73 bits per heavy atom. The molecule has 0 aliphatic carbocycles. The van der Waals surface area contributed by atoms with E-state index in [1.807, 2.05) is 37.1 Å². The molecular weight excluding hydrogens is 284 g/mol. The topological polar surface area (TPSA) is 41.6 Å². The van der Waals surface area contributed by atoms with E-state index >= 15 is 0 Å². The van der Waals surface area contributed by atoms with Gasteiger partial charge < -0.3 is 10.7 Å². The van der Waals surface area contributed by atoms with E-state index in [2.05, 4.69) is 5.10 Å². The number of amidine groups is 1. The first-order valence-electron chi connectivity index (χ1n) is 7.07. The molecule has 0 saturated heterocycles. The summed E-state index contributed by atoms with van der Waals surface area (Å²) >= 11 is 0. The summed E-state index contributed by atoms with van der Waals surface area (Å²) in [6.45, 7) is 4.72. The number of hydrazone groups is 1. The molecule has 3 nitrogen and oxygen atoms in total. The minimum absolute atomic E-state index is 0.201. The van der Waals surface area contributed by atoms with Gasteiger partial charge in [-0.25, -0.2) is 8.78 Å². The molecule has 1 aliphatic rings. The molecule has 0 amide bonds. The Kier molecular flexibility index (Phi) is 5.09. The highest BCUT2D eigenvalue weighted by Gasteiger charge is 2.14. The van der Waals surface area contributed by atoms with Gasteiger partial charge in [-0.05, 0) is 17.7 Å². The summed E-state index contributed by atoms with van der Waals surface area (Å²) in [5.74, 6) is 5.25. The van der Waals surface area contributed by atoms with Crippen molar-refractivity contribution in [3.63, 3.8) is 0 Å². The molecule has 22 heavy (non-hydrogen) atoms. The lowest BCUT2D eigenvalue weighted by Gasteiger charge is -2.25. The Morgan fingerprint density at radius 2 is 2.09 bits per heavy atom. The molecule has 1 heterocycles. The highest BCUT2D eigenvalue weighted by Crippen LogP contribution is 2.16. The van der Waals surface area contributed by atoms with E-state index in [0.717, 1.165) is 17.5 Å². The van der Waals surface area contributed by atoms with E-state index in [0.29, 0.717) is 12.1 Å². The van der Waals surface area contributed by atoms with Crippen molar-refractivity contribution in [2.75, 3.05) is 6.54 Å². The first-order chi connectivity index (χ1) is 10.5. The van der Waals surface area contributed by atoms with Crippen LogP contribution >= 0.6 is 0 Å². The fourth-order valence-electron chi connectivity index (χ4n) is 2.21. The average Bonchev–Trinajstić information content (AvgIpc) is 2.47. The van der Waals surface area contributed by atoms with Crippen LogP contribution in [0.4, 0.5) is 8.78 Å². The standard InChI is InChI=1S/C17H19F2N3/c1-12(2)17(21-20)22-9-3-4-13(11-22)5-6-14-7-8-15(18)10-16(14)19/h3-8,10-12H,9,20H2,1-2H3/b6-5-,21-17-. The smallest absolute Gasteiger partial charge is 0.133 e. The molecule has 0 fully saturated rings. The fourth-order valence-corrected chi connectivity index (χ4v) is 2.21. The highest BCUT2D eigenvalue weighted by atomic mass is 19.1. The monoisotopic (exact) mass is 303 g/mol. The molecule has 2 N–H and O–H groups in total. The maximum absolute atomic E-state index is 13.6. The summed E-state index contributed by atoms with van der Waals surface area (Å²) in [4.78, 5) is 1.95. The lowest BCUT2D eigenvalue weighted by Crippen LogP contribution is -2.32. The number of nitrogens with zero attached hydrogens (tertiary/aromatic N) is 2. The van der Waals surface area contributed by atoms with Crippen molar-refractivity contribution in [1.29, 1.82) is 0 Å². The van der Waals surface area contributed by atoms with Crippen LogP contribution in [0.5, 0.6) is 0 Å². The quantitative estimate of drug-likeness (QED) is 0.401. The molecule has 2 rings (SSSR count). The molecule has 1 aliphatic heterocycles. The zero-order valence-corrected chi connectivity index (χ0v) is 12.6. The van der Waals surface area contributed by atoms with Crippen LogP contribution in [-0.2, 0) is 0 Å². The van der Waals surface area contributed by atoms with Crippen LogP contribution in [-0.4, -0.2) is 17.3 Å². The third kappa shape index (κ3) is 3.81. The number of rotatable bonds is 3. The van der Waals surface area contributed by atoms with Gasteiger partial charge in [0.25, 0.3) is 0 Å². The maximum atomic E-state index is 13.6. The second-order valence-electron chi connectivity index (χ2n) is 5.32. The lowest BCUT2D eigenvalue weighted by molar-refractivity contribution is 0.564. The average molecular weight is 303 g/mol. The fraction of sp³-hybridized carbons (Fsp3) is 0.235. The molecular formula is C17H19F2N3. The van der Waals surface area contributed by atoms with E-state index in [4.69, 9.17) is 5.84 Å². The van der Waals surface area contributed by atoms with Crippen molar-refractivity contribution in [3.8, 4) is 0 Å². The Balaban J connectivity index is 2.19. The molecule has 0 aromatic heterocycles. The zero-order valence-electron chi connectivity index (χ0n) is 12.6. The van der Waals surface area contributed by atoms with Crippen molar-refractivity contribution in [2.45, 2.75) is 13.8 Å². The van der Waals surface area contributed by atoms with Gasteiger partial charge in [-0.1, -0.05) is 38.2 Å². The van der Waals surface area contributed by atoms with Gasteiger partial charge in [0, 0.05) is 30.3 Å². The van der Waals surface area contributed by atoms with Crippen LogP contribution in [0.3, 0.4) is 0 Å². The molecule has 1 aromatic carbocycles. The normalized spacial score (nSPS) is 15.8. The summed E-state index contributed by atoms with van der Waals surface area (Å²) in [5, 5.41) is 3.83. The predicted octanol–water partition coefficient (Wildman–Crippen LogP) is 3.66. The summed E-state index contributed by atoms with van der Waals surface area (Å²) in [5.41, 5.74) is 1.22. The molecule has 0 bridgehead atoms. The largest absolute Gasteiger partial charge is 0.330 e. The van der Waals surface area contributed by atoms with Gasteiger partial charge in [-0.3, -0.25) is 0 Å². The third-order valence-electron chi connectivity index (χ3n) is 3.28. The molecule has 0 spiro atoms. The predicted molar refractivity (Wildman–Crippen MR) is 85.8 cm³/mol. The van der Waals surface area contributed by atoms with Crippen LogP contribution in [0.2, 0.25) is 0 Å². The second kappa shape index (κ2) is 7.02. The minimum Gasteiger partial charge on any atom is -0.330 e. The number of allylic oxidation sites excluding steroid dienone is 3. The van der Waals surface area contributed by atoms with E-state index in [-0.39, 0.29) is 5.92 Å². The number of nitrogens with two attached hydrogens (primary N) is 1. The van der Waals surface area contributed by atoms with Crippen LogP contribution in [0.25, 0.3) is 6.08 Å². The van der Waals surface area contributed by atoms with E-state index in [1.54, 1.807) is 12.2 Å². The summed E-state index contributed by atoms with van der Waals surface area (Å²) in [6, 6.07) is 3.51. The Bertz CT molecular complexity index is 658. The van der Waals surface area contributed by atoms with Crippen LogP contribution < -0.4 is 5.84 Å². The summed E-state index contributed by atoms with van der Waals surface area (Å²) in [6.07, 6.45) is 9.21. The van der Waals surface area contributed by atoms with Crippen LogP contribution in [0.1, 0.15) is 19.4 Å². The van der Waals surface area contributed by atoms with Gasteiger partial charge in [-0.15, -0.1) is 0 Å². The Morgan fingerprint density at radius 1 is 1.32 bits per heavy atom. The highest BCUT2D eigenvalue weighted by molar-refractivity contribution is 5.85. The van der Waals surface area contributed by atoms with Gasteiger partial charge in [0.05, 0.1) is 0 Å². The number of hydrogen-bond acceptors (Lipinski definition) is 2. The van der Waals surface area contributed by atoms with Crippen molar-refractivity contribution < 1.29 is 8.78 Å². The maximum Gasteiger partial charge on any atom is 0.133 e. The van der Waals surface area contributed by atoms with Gasteiger partial charge in [0.1, 0.15) is 17.5 Å². The van der Waals surface area contributed by atoms with Gasteiger partial charge in [-0.2, -0.15) is 5.10 Å². The second-order valence-corrected chi connectivity index (χ2v) is 5.32. The Hall–Kier alpha value is -2.43. The minimum atomic E-state index is -0.585. The molecule has 5 heteroatoms. The van der Waals surface area contributed by atoms with Crippen LogP contribution in [0.15, 0.2) is 53.3 Å². The number of halogens is 2. The SMILES string of the molecule is CC(C)/C(=N/N)N1C=C(/C=C\c2ccc(F)cc2F)C=CC1. The lowest BCUT2D eigenvalue weighted by atomic mass is 10.1. The molecule has 0 unspecified atom stereocenters. The molecule has 0 atom stereocenters. The zero-order chi connectivity index (χ0) is 16.1. The number of hydrogen-bond donors (Lipinski definition) is 1. The van der Waals surface area contributed by atoms with Crippen LogP contribution in [0, 0.1) is 17.6 Å². The van der Waals surface area contributed by atoms with E-state index in [1.165, 1.54) is 12.1 Å².